The average molecular weight is 578 g/mol. The summed E-state index contributed by atoms with van der Waals surface area (Å²) in [4.78, 5) is 31.8. The molecular formula is C28H29ClFN9O2. The van der Waals surface area contributed by atoms with E-state index in [0.29, 0.717) is 35.7 Å². The van der Waals surface area contributed by atoms with Crippen molar-refractivity contribution in [1.82, 2.24) is 40.2 Å². The van der Waals surface area contributed by atoms with E-state index in [1.54, 1.807) is 48.2 Å². The van der Waals surface area contributed by atoms with Crippen molar-refractivity contribution in [3.63, 3.8) is 0 Å². The van der Waals surface area contributed by atoms with E-state index < -0.39 is 11.9 Å². The average Bonchev–Trinajstić information content (AvgIpc) is 3.76. The Kier molecular flexibility index (Phi) is 7.50. The van der Waals surface area contributed by atoms with Crippen LogP contribution in [0.5, 0.6) is 0 Å². The first-order valence-electron chi connectivity index (χ1n) is 13.6. The molecule has 0 saturated carbocycles. The van der Waals surface area contributed by atoms with Gasteiger partial charge >= 0.3 is 0 Å². The third-order valence-electron chi connectivity index (χ3n) is 7.91. The number of nitrogens with zero attached hydrogens (tertiary/aromatic N) is 7. The predicted octanol–water partition coefficient (Wildman–Crippen LogP) is 3.86. The minimum Gasteiger partial charge on any atom is -0.325 e. The lowest BCUT2D eigenvalue weighted by Crippen LogP contribution is -2.54. The summed E-state index contributed by atoms with van der Waals surface area (Å²) < 4.78 is 16.1. The molecule has 0 spiro atoms. The maximum Gasteiger partial charge on any atom is 0.258 e. The summed E-state index contributed by atoms with van der Waals surface area (Å²) in [6, 6.07) is 11.0. The number of likely N-dealkylation sites (tertiary alicyclic amines) is 2. The Hall–Kier alpha value is -4.16. The molecule has 2 saturated heterocycles. The van der Waals surface area contributed by atoms with Crippen molar-refractivity contribution in [1.29, 1.82) is 0 Å². The Labute approximate surface area is 240 Å². The summed E-state index contributed by atoms with van der Waals surface area (Å²) in [7, 11) is 0. The van der Waals surface area contributed by atoms with E-state index >= 15 is 0 Å². The standard InChI is InChI=1S/C28H29ClFN9O2/c1-17-20(16-31-39(17)22-7-5-6-21(29)24(22)30)28(41)38-15-12-23(37-13-3-2-4-14-37)25(38)27(40)32-19-10-8-18(9-11-19)26-33-35-36-34-26/h5-11,16,23,25H,2-4,12-15H2,1H3,(H,32,40)(H,33,34,35,36)/t23-,25+/m0/s1. The van der Waals surface area contributed by atoms with Gasteiger partial charge in [0.25, 0.3) is 5.91 Å². The summed E-state index contributed by atoms with van der Waals surface area (Å²) in [5.74, 6) is -0.740. The van der Waals surface area contributed by atoms with Gasteiger partial charge in [-0.15, -0.1) is 10.2 Å². The molecule has 6 rings (SSSR count). The van der Waals surface area contributed by atoms with Crippen molar-refractivity contribution in [2.24, 2.45) is 0 Å². The van der Waals surface area contributed by atoms with Gasteiger partial charge in [-0.25, -0.2) is 9.07 Å². The third kappa shape index (κ3) is 5.20. The lowest BCUT2D eigenvalue weighted by molar-refractivity contribution is -0.121. The fourth-order valence-corrected chi connectivity index (χ4v) is 6.00. The van der Waals surface area contributed by atoms with Crippen molar-refractivity contribution in [2.75, 3.05) is 25.0 Å². The van der Waals surface area contributed by atoms with E-state index in [-0.39, 0.29) is 28.6 Å². The molecule has 0 radical (unpaired) electrons. The molecule has 2 aliphatic heterocycles. The minimum atomic E-state index is -0.705. The van der Waals surface area contributed by atoms with Gasteiger partial charge in [-0.1, -0.05) is 24.1 Å². The van der Waals surface area contributed by atoms with Crippen LogP contribution in [0.4, 0.5) is 10.1 Å². The Bertz CT molecular complexity index is 1550. The summed E-state index contributed by atoms with van der Waals surface area (Å²) in [6.45, 7) is 3.91. The van der Waals surface area contributed by atoms with Gasteiger partial charge in [0.05, 0.1) is 22.5 Å². The number of carbonyl (C=O) groups excluding carboxylic acids is 2. The third-order valence-corrected chi connectivity index (χ3v) is 8.20. The molecule has 0 bridgehead atoms. The van der Waals surface area contributed by atoms with Gasteiger partial charge in [0.1, 0.15) is 11.7 Å². The van der Waals surface area contributed by atoms with Crippen LogP contribution < -0.4 is 5.32 Å². The van der Waals surface area contributed by atoms with Crippen LogP contribution in [0.3, 0.4) is 0 Å². The van der Waals surface area contributed by atoms with E-state index in [1.165, 1.54) is 16.9 Å². The highest BCUT2D eigenvalue weighted by atomic mass is 35.5. The molecule has 0 aliphatic carbocycles. The van der Waals surface area contributed by atoms with E-state index in [2.05, 4.69) is 35.9 Å². The quantitative estimate of drug-likeness (QED) is 0.356. The molecule has 2 aliphatic rings. The Morgan fingerprint density at radius 1 is 1.07 bits per heavy atom. The number of carbonyl (C=O) groups is 2. The second kappa shape index (κ2) is 11.4. The second-order valence-corrected chi connectivity index (χ2v) is 10.7. The molecule has 2 aromatic heterocycles. The molecule has 2 N–H and O–H groups in total. The number of halogens is 2. The van der Waals surface area contributed by atoms with Crippen molar-refractivity contribution in [2.45, 2.75) is 44.7 Å². The number of hydrogen-bond donors (Lipinski definition) is 2. The summed E-state index contributed by atoms with van der Waals surface area (Å²) >= 11 is 5.98. The number of rotatable bonds is 6. The normalized spacial score (nSPS) is 19.4. The van der Waals surface area contributed by atoms with Crippen LogP contribution in [-0.2, 0) is 4.79 Å². The van der Waals surface area contributed by atoms with E-state index in [0.717, 1.165) is 37.9 Å². The highest BCUT2D eigenvalue weighted by Gasteiger charge is 2.45. The van der Waals surface area contributed by atoms with Crippen molar-refractivity contribution in [3.05, 3.63) is 70.8 Å². The number of benzene rings is 2. The minimum absolute atomic E-state index is 0.0312. The van der Waals surface area contributed by atoms with Gasteiger partial charge in [-0.05, 0) is 80.9 Å². The predicted molar refractivity (Wildman–Crippen MR) is 150 cm³/mol. The topological polar surface area (TPSA) is 125 Å². The Balaban J connectivity index is 1.27. The zero-order valence-electron chi connectivity index (χ0n) is 22.4. The zero-order valence-corrected chi connectivity index (χ0v) is 23.2. The second-order valence-electron chi connectivity index (χ2n) is 10.3. The first-order chi connectivity index (χ1) is 19.9. The number of hydrogen-bond acceptors (Lipinski definition) is 7. The number of anilines is 1. The van der Waals surface area contributed by atoms with Crippen molar-refractivity contribution >= 4 is 29.1 Å². The number of aromatic nitrogens is 6. The molecule has 4 heterocycles. The number of amides is 2. The SMILES string of the molecule is Cc1c(C(=O)N2CC[C@H](N3CCCCC3)[C@@H]2C(=O)Nc2ccc(-c3nn[nH]n3)cc2)cnn1-c1cccc(Cl)c1F. The van der Waals surface area contributed by atoms with E-state index in [1.807, 2.05) is 0 Å². The Morgan fingerprint density at radius 3 is 2.59 bits per heavy atom. The smallest absolute Gasteiger partial charge is 0.258 e. The Morgan fingerprint density at radius 2 is 1.85 bits per heavy atom. The maximum absolute atomic E-state index is 14.8. The molecular weight excluding hydrogens is 549 g/mol. The van der Waals surface area contributed by atoms with Crippen molar-refractivity contribution in [3.8, 4) is 17.1 Å². The zero-order chi connectivity index (χ0) is 28.5. The largest absolute Gasteiger partial charge is 0.325 e. The highest BCUT2D eigenvalue weighted by Crippen LogP contribution is 2.30. The molecule has 2 fully saturated rings. The van der Waals surface area contributed by atoms with Crippen LogP contribution in [0.2, 0.25) is 5.02 Å². The van der Waals surface area contributed by atoms with Gasteiger partial charge in [-0.3, -0.25) is 14.5 Å². The van der Waals surface area contributed by atoms with E-state index in [9.17, 15) is 14.0 Å². The van der Waals surface area contributed by atoms with Gasteiger partial charge in [0, 0.05) is 23.8 Å². The number of aromatic amines is 1. The van der Waals surface area contributed by atoms with Gasteiger partial charge in [0.2, 0.25) is 11.7 Å². The molecule has 41 heavy (non-hydrogen) atoms. The number of tetrazole rings is 1. The first kappa shape index (κ1) is 27.0. The van der Waals surface area contributed by atoms with Gasteiger partial charge < -0.3 is 10.2 Å². The lowest BCUT2D eigenvalue weighted by Gasteiger charge is -2.36. The van der Waals surface area contributed by atoms with E-state index in [4.69, 9.17) is 11.6 Å². The van der Waals surface area contributed by atoms with Crippen LogP contribution in [0, 0.1) is 12.7 Å². The first-order valence-corrected chi connectivity index (χ1v) is 14.0. The van der Waals surface area contributed by atoms with Crippen LogP contribution in [0.15, 0.2) is 48.7 Å². The summed E-state index contributed by atoms with van der Waals surface area (Å²) in [5.41, 5.74) is 2.28. The molecule has 0 unspecified atom stereocenters. The monoisotopic (exact) mass is 577 g/mol. The summed E-state index contributed by atoms with van der Waals surface area (Å²) in [6.07, 6.45) is 5.39. The molecule has 2 amide bonds. The number of nitrogens with one attached hydrogen (secondary N) is 2. The van der Waals surface area contributed by atoms with Crippen molar-refractivity contribution < 1.29 is 14.0 Å². The van der Waals surface area contributed by atoms with Gasteiger partial charge in [-0.2, -0.15) is 10.3 Å². The lowest BCUT2D eigenvalue weighted by atomic mass is 10.0. The molecule has 2 atom stereocenters. The fraction of sp³-hybridized carbons (Fsp3) is 0.357. The molecule has 2 aromatic carbocycles. The maximum atomic E-state index is 14.8. The van der Waals surface area contributed by atoms with Crippen LogP contribution >= 0.6 is 11.6 Å². The van der Waals surface area contributed by atoms with Crippen LogP contribution in [0.1, 0.15) is 41.7 Å². The molecule has 13 heteroatoms. The molecule has 11 nitrogen and oxygen atoms in total. The van der Waals surface area contributed by atoms with Crippen LogP contribution in [0.25, 0.3) is 17.1 Å². The number of H-pyrrole nitrogens is 1. The summed E-state index contributed by atoms with van der Waals surface area (Å²) in [5, 5.41) is 21.2. The molecule has 212 valence electrons. The fourth-order valence-electron chi connectivity index (χ4n) is 5.83. The van der Waals surface area contributed by atoms with Gasteiger partial charge in [0.15, 0.2) is 5.82 Å². The van der Waals surface area contributed by atoms with Crippen LogP contribution in [-0.4, -0.2) is 83.7 Å². The highest BCUT2D eigenvalue weighted by molar-refractivity contribution is 6.30. The number of piperidine rings is 1. The molecule has 4 aromatic rings.